The maximum absolute atomic E-state index is 13.2. The number of anilines is 2. The zero-order valence-electron chi connectivity index (χ0n) is 40.3. The minimum atomic E-state index is -4.31. The standard InChI is InChI=1S/C50H78N2O12P2/c1-7-9-11-13-15-17-19-21-35-51(39-65(57,58)63-49(3,4)47(53)54)43-27-31-45(32-28-43)61-37-41-23-25-42(26-24-41)38-62-46-33-29-44(30-34-46)52(36-22-20-18-16-14-12-10-8-2)40-66(59,60)64-50(5,6)48(55)56/h23-34H,7-22,35-40H2,1-6H3,(H,53,54)(H,55,56)(H,57,58)(H,59,60). The Morgan fingerprint density at radius 3 is 1.06 bits per heavy atom. The summed E-state index contributed by atoms with van der Waals surface area (Å²) in [4.78, 5) is 48.3. The Labute approximate surface area is 394 Å². The summed E-state index contributed by atoms with van der Waals surface area (Å²) in [6.07, 6.45) is 17.1. The molecule has 4 N–H and O–H groups in total. The van der Waals surface area contributed by atoms with Crippen LogP contribution in [0.4, 0.5) is 11.4 Å². The molecular formula is C50H78N2O12P2. The number of benzene rings is 3. The van der Waals surface area contributed by atoms with Crippen LogP contribution < -0.4 is 19.3 Å². The first kappa shape index (κ1) is 56.4. The maximum atomic E-state index is 13.2. The molecule has 66 heavy (non-hydrogen) atoms. The van der Waals surface area contributed by atoms with Gasteiger partial charge in [-0.15, -0.1) is 0 Å². The molecule has 2 atom stereocenters. The Morgan fingerprint density at radius 2 is 0.773 bits per heavy atom. The van der Waals surface area contributed by atoms with Crippen LogP contribution in [0.25, 0.3) is 0 Å². The molecular weight excluding hydrogens is 882 g/mol. The molecule has 0 bridgehead atoms. The third-order valence-corrected chi connectivity index (χ3v) is 14.2. The van der Waals surface area contributed by atoms with Crippen LogP contribution in [0.2, 0.25) is 0 Å². The number of hydrogen-bond acceptors (Lipinski definition) is 10. The SMILES string of the molecule is CCCCCCCCCCN(CP(=O)(O)OC(C)(C)C(=O)O)c1ccc(OCc2ccc(COc3ccc(N(CCCCCCCCCC)CP(=O)(O)OC(C)(C)C(=O)O)cc3)cc2)cc1. The predicted molar refractivity (Wildman–Crippen MR) is 263 cm³/mol. The monoisotopic (exact) mass is 961 g/mol. The fraction of sp³-hybridized carbons (Fsp3) is 0.600. The van der Waals surface area contributed by atoms with Gasteiger partial charge in [-0.3, -0.25) is 18.2 Å². The molecule has 16 heteroatoms. The van der Waals surface area contributed by atoms with E-state index in [0.29, 0.717) is 49.2 Å². The number of carboxylic acid groups (broad SMARTS) is 2. The molecule has 0 aliphatic rings. The van der Waals surface area contributed by atoms with Crippen LogP contribution in [0.1, 0.15) is 155 Å². The van der Waals surface area contributed by atoms with Crippen molar-refractivity contribution in [2.45, 2.75) is 169 Å². The highest BCUT2D eigenvalue weighted by Crippen LogP contribution is 2.49. The van der Waals surface area contributed by atoms with Crippen molar-refractivity contribution in [1.29, 1.82) is 0 Å². The van der Waals surface area contributed by atoms with Crippen molar-refractivity contribution in [3.63, 3.8) is 0 Å². The van der Waals surface area contributed by atoms with Gasteiger partial charge in [-0.25, -0.2) is 9.59 Å². The van der Waals surface area contributed by atoms with E-state index >= 15 is 0 Å². The second kappa shape index (κ2) is 28.4. The first-order valence-corrected chi connectivity index (χ1v) is 27.3. The van der Waals surface area contributed by atoms with E-state index in [1.165, 1.54) is 79.1 Å². The first-order chi connectivity index (χ1) is 31.3. The van der Waals surface area contributed by atoms with E-state index < -0.39 is 38.3 Å². The van der Waals surface area contributed by atoms with E-state index in [1.54, 1.807) is 34.1 Å². The molecule has 0 aliphatic carbocycles. The normalized spacial score (nSPS) is 13.7. The lowest BCUT2D eigenvalue weighted by Gasteiger charge is -2.30. The lowest BCUT2D eigenvalue weighted by atomic mass is 10.1. The van der Waals surface area contributed by atoms with Crippen LogP contribution in [-0.2, 0) is 41.0 Å². The van der Waals surface area contributed by atoms with E-state index in [0.717, 1.165) is 62.5 Å². The second-order valence-electron chi connectivity index (χ2n) is 18.2. The van der Waals surface area contributed by atoms with E-state index in [1.807, 2.05) is 48.5 Å². The Bertz CT molecular complexity index is 1820. The molecule has 0 amide bonds. The summed E-state index contributed by atoms with van der Waals surface area (Å²) in [5, 5.41) is 19.0. The molecule has 0 fully saturated rings. The second-order valence-corrected chi connectivity index (χ2v) is 21.7. The third kappa shape index (κ3) is 21.8. The summed E-state index contributed by atoms with van der Waals surface area (Å²) in [6.45, 7) is 11.1. The van der Waals surface area contributed by atoms with Gasteiger partial charge in [-0.2, -0.15) is 0 Å². The minimum Gasteiger partial charge on any atom is -0.489 e. The number of ether oxygens (including phenoxy) is 2. The van der Waals surface area contributed by atoms with Gasteiger partial charge in [0.2, 0.25) is 0 Å². The largest absolute Gasteiger partial charge is 0.489 e. The first-order valence-electron chi connectivity index (χ1n) is 23.8. The molecule has 0 radical (unpaired) electrons. The Hall–Kier alpha value is -3.90. The predicted octanol–water partition coefficient (Wildman–Crippen LogP) is 12.8. The Kier molecular flexibility index (Phi) is 24.3. The number of unbranched alkanes of at least 4 members (excludes halogenated alkanes) is 14. The fourth-order valence-corrected chi connectivity index (χ4v) is 10.5. The summed E-state index contributed by atoms with van der Waals surface area (Å²) >= 11 is 0. The highest BCUT2D eigenvalue weighted by Gasteiger charge is 2.39. The number of nitrogens with zero attached hydrogens (tertiary/aromatic N) is 2. The zero-order valence-corrected chi connectivity index (χ0v) is 42.1. The molecule has 0 saturated heterocycles. The fourth-order valence-electron chi connectivity index (χ4n) is 7.29. The van der Waals surface area contributed by atoms with Gasteiger partial charge in [0, 0.05) is 24.5 Å². The Balaban J connectivity index is 1.58. The summed E-state index contributed by atoms with van der Waals surface area (Å²) in [6, 6.07) is 22.4. The molecule has 0 aliphatic heterocycles. The molecule has 3 aromatic carbocycles. The van der Waals surface area contributed by atoms with E-state index in [2.05, 4.69) is 13.8 Å². The highest BCUT2D eigenvalue weighted by molar-refractivity contribution is 7.53. The van der Waals surface area contributed by atoms with Gasteiger partial charge in [0.05, 0.1) is 0 Å². The lowest BCUT2D eigenvalue weighted by Crippen LogP contribution is -2.35. The Morgan fingerprint density at radius 1 is 0.485 bits per heavy atom. The number of rotatable bonds is 36. The van der Waals surface area contributed by atoms with E-state index in [-0.39, 0.29) is 12.6 Å². The smallest absolute Gasteiger partial charge is 0.348 e. The van der Waals surface area contributed by atoms with Crippen LogP contribution >= 0.6 is 15.2 Å². The zero-order chi connectivity index (χ0) is 48.6. The summed E-state index contributed by atoms with van der Waals surface area (Å²) in [7, 11) is -8.63. The average molecular weight is 961 g/mol. The highest BCUT2D eigenvalue weighted by atomic mass is 31.2. The molecule has 0 saturated carbocycles. The average Bonchev–Trinajstić information content (AvgIpc) is 3.25. The van der Waals surface area contributed by atoms with E-state index in [9.17, 15) is 38.7 Å². The molecule has 3 rings (SSSR count). The van der Waals surface area contributed by atoms with Gasteiger partial charge >= 0.3 is 27.1 Å². The van der Waals surface area contributed by atoms with Gasteiger partial charge in [0.15, 0.2) is 11.2 Å². The number of carboxylic acids is 2. The van der Waals surface area contributed by atoms with Crippen molar-refractivity contribution < 1.29 is 57.2 Å². The van der Waals surface area contributed by atoms with Crippen molar-refractivity contribution in [2.24, 2.45) is 0 Å². The van der Waals surface area contributed by atoms with Crippen LogP contribution in [0.15, 0.2) is 72.8 Å². The van der Waals surface area contributed by atoms with Gasteiger partial charge in [0.1, 0.15) is 37.3 Å². The van der Waals surface area contributed by atoms with Gasteiger partial charge in [-0.1, -0.05) is 128 Å². The molecule has 0 aromatic heterocycles. The van der Waals surface area contributed by atoms with Gasteiger partial charge < -0.3 is 39.3 Å². The topological polar surface area (TPSA) is 193 Å². The molecule has 14 nitrogen and oxygen atoms in total. The maximum Gasteiger partial charge on any atom is 0.348 e. The van der Waals surface area contributed by atoms with Crippen LogP contribution in [0.5, 0.6) is 11.5 Å². The van der Waals surface area contributed by atoms with E-state index in [4.69, 9.17) is 18.5 Å². The third-order valence-electron chi connectivity index (χ3n) is 11.3. The van der Waals surface area contributed by atoms with Crippen molar-refractivity contribution in [2.75, 3.05) is 35.5 Å². The molecule has 370 valence electrons. The van der Waals surface area contributed by atoms with Crippen molar-refractivity contribution in [3.05, 3.63) is 83.9 Å². The van der Waals surface area contributed by atoms with Gasteiger partial charge in [-0.05, 0) is 100 Å². The number of aliphatic carboxylic acids is 2. The number of carbonyl (C=O) groups is 2. The minimum absolute atomic E-state index is 0.308. The van der Waals surface area contributed by atoms with Crippen LogP contribution in [0.3, 0.4) is 0 Å². The van der Waals surface area contributed by atoms with Crippen molar-refractivity contribution in [1.82, 2.24) is 0 Å². The van der Waals surface area contributed by atoms with Crippen molar-refractivity contribution >= 4 is 38.5 Å². The molecule has 0 spiro atoms. The van der Waals surface area contributed by atoms with Gasteiger partial charge in [0.25, 0.3) is 0 Å². The molecule has 0 heterocycles. The number of hydrogen-bond donors (Lipinski definition) is 4. The lowest BCUT2D eigenvalue weighted by molar-refractivity contribution is -0.153. The molecule has 2 unspecified atom stereocenters. The van der Waals surface area contributed by atoms with Crippen LogP contribution in [-0.4, -0.2) is 68.8 Å². The molecule has 3 aromatic rings. The van der Waals surface area contributed by atoms with Crippen molar-refractivity contribution in [3.8, 4) is 11.5 Å². The summed E-state index contributed by atoms with van der Waals surface area (Å²) < 4.78 is 49.0. The summed E-state index contributed by atoms with van der Waals surface area (Å²) in [5.41, 5.74) is -0.351. The summed E-state index contributed by atoms with van der Waals surface area (Å²) in [5.74, 6) is -1.40. The van der Waals surface area contributed by atoms with Crippen LogP contribution in [0, 0.1) is 0 Å². The quantitative estimate of drug-likeness (QED) is 0.0318.